The van der Waals surface area contributed by atoms with E-state index in [1.54, 1.807) is 6.07 Å². The maximum atomic E-state index is 12.4. The Bertz CT molecular complexity index is 1070. The van der Waals surface area contributed by atoms with Gasteiger partial charge in [0, 0.05) is 18.2 Å². The molecule has 10 nitrogen and oxygen atoms in total. The van der Waals surface area contributed by atoms with Crippen LogP contribution in [0.25, 0.3) is 11.0 Å². The first-order valence-electron chi connectivity index (χ1n) is 8.44. The van der Waals surface area contributed by atoms with Gasteiger partial charge in [-0.3, -0.25) is 14.4 Å². The zero-order valence-electron chi connectivity index (χ0n) is 14.6. The van der Waals surface area contributed by atoms with Crippen molar-refractivity contribution >= 4 is 28.8 Å². The molecule has 1 aromatic carbocycles. The number of amides is 1. The molecule has 4 rings (SSSR count). The molecule has 2 atom stereocenters. The molecule has 28 heavy (non-hydrogen) atoms. The van der Waals surface area contributed by atoms with Crippen molar-refractivity contribution in [1.82, 2.24) is 5.32 Å². The first-order chi connectivity index (χ1) is 13.4. The second-order valence-electron chi connectivity index (χ2n) is 6.37. The molecule has 10 heteroatoms. The number of nitrogens with one attached hydrogen (secondary N) is 1. The molecule has 1 fully saturated rings. The van der Waals surface area contributed by atoms with E-state index < -0.39 is 35.7 Å². The van der Waals surface area contributed by atoms with Crippen molar-refractivity contribution < 1.29 is 38.1 Å². The summed E-state index contributed by atoms with van der Waals surface area (Å²) in [5, 5.41) is 11.4. The number of aliphatic carboxylic acids is 1. The lowest BCUT2D eigenvalue weighted by Gasteiger charge is -2.11. The van der Waals surface area contributed by atoms with Crippen molar-refractivity contribution in [1.29, 1.82) is 0 Å². The van der Waals surface area contributed by atoms with Gasteiger partial charge in [0.05, 0.1) is 31.3 Å². The summed E-state index contributed by atoms with van der Waals surface area (Å²) in [5.74, 6) is -1.98. The van der Waals surface area contributed by atoms with Gasteiger partial charge in [-0.25, -0.2) is 4.79 Å². The van der Waals surface area contributed by atoms with Crippen LogP contribution in [0.3, 0.4) is 0 Å². The average Bonchev–Trinajstić information content (AvgIpc) is 3.15. The van der Waals surface area contributed by atoms with Crippen molar-refractivity contribution in [3.8, 4) is 11.5 Å². The number of carboxylic acids is 1. The molecule has 0 aliphatic carbocycles. The fraction of sp³-hybridized carbons (Fsp3) is 0.333. The van der Waals surface area contributed by atoms with Crippen molar-refractivity contribution in [2.75, 3.05) is 13.7 Å². The summed E-state index contributed by atoms with van der Waals surface area (Å²) in [6.07, 6.45) is -0.988. The van der Waals surface area contributed by atoms with Crippen molar-refractivity contribution in [2.24, 2.45) is 0 Å². The summed E-state index contributed by atoms with van der Waals surface area (Å²) in [6, 6.07) is 2.90. The number of ether oxygens (including phenoxy) is 3. The summed E-state index contributed by atoms with van der Waals surface area (Å²) in [4.78, 5) is 46.8. The molecule has 0 spiro atoms. The number of carbonyl (C=O) groups excluding carboxylic acids is 2. The quantitative estimate of drug-likeness (QED) is 0.560. The van der Waals surface area contributed by atoms with Gasteiger partial charge in [0.15, 0.2) is 0 Å². The van der Waals surface area contributed by atoms with Gasteiger partial charge in [-0.2, -0.15) is 0 Å². The summed E-state index contributed by atoms with van der Waals surface area (Å²) >= 11 is 0. The van der Waals surface area contributed by atoms with Crippen LogP contribution in [-0.2, 0) is 14.3 Å². The molecule has 0 radical (unpaired) electrons. The number of hydrogen-bond donors (Lipinski definition) is 2. The maximum Gasteiger partial charge on any atom is 0.349 e. The normalized spacial score (nSPS) is 19.5. The number of carbonyl (C=O) groups is 3. The van der Waals surface area contributed by atoms with Crippen molar-refractivity contribution in [3.63, 3.8) is 0 Å². The molecule has 2 aliphatic rings. The molecule has 1 saturated heterocycles. The largest absolute Gasteiger partial charge is 0.496 e. The average molecular weight is 389 g/mol. The molecule has 2 N–H and O–H groups in total. The molecule has 2 aliphatic heterocycles. The van der Waals surface area contributed by atoms with Gasteiger partial charge in [0.25, 0.3) is 12.2 Å². The van der Waals surface area contributed by atoms with Gasteiger partial charge in [0.1, 0.15) is 22.6 Å². The van der Waals surface area contributed by atoms with E-state index in [1.807, 2.05) is 0 Å². The molecule has 2 unspecified atom stereocenters. The first kappa shape index (κ1) is 17.8. The minimum Gasteiger partial charge on any atom is -0.496 e. The smallest absolute Gasteiger partial charge is 0.349 e. The lowest BCUT2D eigenvalue weighted by Crippen LogP contribution is -2.30. The minimum atomic E-state index is -1.08. The Morgan fingerprint density at radius 3 is 2.79 bits per heavy atom. The predicted molar refractivity (Wildman–Crippen MR) is 91.5 cm³/mol. The first-order valence-corrected chi connectivity index (χ1v) is 8.44. The number of esters is 1. The predicted octanol–water partition coefficient (Wildman–Crippen LogP) is 0.755. The van der Waals surface area contributed by atoms with Crippen molar-refractivity contribution in [2.45, 2.75) is 25.0 Å². The molecular formula is C18H15NO9. The van der Waals surface area contributed by atoms with Gasteiger partial charge in [-0.05, 0) is 6.07 Å². The summed E-state index contributed by atoms with van der Waals surface area (Å²) < 4.78 is 21.5. The Hall–Kier alpha value is -3.56. The van der Waals surface area contributed by atoms with Crippen LogP contribution in [0, 0.1) is 0 Å². The molecule has 1 amide bonds. The summed E-state index contributed by atoms with van der Waals surface area (Å²) in [7, 11) is 1.41. The Labute approximate surface area is 157 Å². The third-order valence-corrected chi connectivity index (χ3v) is 4.65. The van der Waals surface area contributed by atoms with Crippen LogP contribution in [0.5, 0.6) is 11.5 Å². The van der Waals surface area contributed by atoms with Gasteiger partial charge >= 0.3 is 17.6 Å². The summed E-state index contributed by atoms with van der Waals surface area (Å²) in [6.45, 7) is -0.135. The second-order valence-corrected chi connectivity index (χ2v) is 6.37. The number of carboxylic acid groups (broad SMARTS) is 1. The fourth-order valence-corrected chi connectivity index (χ4v) is 3.40. The van der Waals surface area contributed by atoms with Crippen LogP contribution in [0.1, 0.15) is 34.7 Å². The van der Waals surface area contributed by atoms with Gasteiger partial charge in [0.2, 0.25) is 0 Å². The maximum absolute atomic E-state index is 12.4. The highest BCUT2D eigenvalue weighted by atomic mass is 16.7. The highest BCUT2D eigenvalue weighted by Gasteiger charge is 2.46. The number of hydrogen-bond acceptors (Lipinski definition) is 8. The summed E-state index contributed by atoms with van der Waals surface area (Å²) in [5.41, 5.74) is -0.511. The third kappa shape index (κ3) is 2.82. The Kier molecular flexibility index (Phi) is 4.17. The van der Waals surface area contributed by atoms with Crippen LogP contribution in [0.4, 0.5) is 0 Å². The van der Waals surface area contributed by atoms with Crippen molar-refractivity contribution in [3.05, 3.63) is 33.7 Å². The van der Waals surface area contributed by atoms with E-state index in [1.165, 1.54) is 13.2 Å². The minimum absolute atomic E-state index is 0.0836. The Morgan fingerprint density at radius 1 is 1.29 bits per heavy atom. The topological polar surface area (TPSA) is 141 Å². The SMILES string of the molecule is COc1cc2c(c3oc(=O)c(C(=O)NCCC(=O)O)cc13)C1CC(=O)OC1O2. The zero-order valence-corrected chi connectivity index (χ0v) is 14.6. The van der Waals surface area contributed by atoms with Crippen LogP contribution < -0.4 is 20.4 Å². The molecule has 146 valence electrons. The van der Waals surface area contributed by atoms with E-state index in [9.17, 15) is 19.2 Å². The lowest BCUT2D eigenvalue weighted by atomic mass is 9.95. The van der Waals surface area contributed by atoms with Gasteiger partial charge in [-0.15, -0.1) is 0 Å². The molecule has 1 aromatic heterocycles. The molecule has 3 heterocycles. The second kappa shape index (κ2) is 6.55. The highest BCUT2D eigenvalue weighted by molar-refractivity contribution is 5.99. The van der Waals surface area contributed by atoms with Crippen LogP contribution in [0.2, 0.25) is 0 Å². The number of fused-ring (bicyclic) bond motifs is 5. The Morgan fingerprint density at radius 2 is 2.07 bits per heavy atom. The number of rotatable bonds is 5. The van der Waals surface area contributed by atoms with E-state index in [0.29, 0.717) is 22.4 Å². The zero-order chi connectivity index (χ0) is 20.0. The number of benzene rings is 1. The molecule has 0 saturated carbocycles. The number of methoxy groups -OCH3 is 1. The highest BCUT2D eigenvalue weighted by Crippen LogP contribution is 2.50. The molecule has 2 aromatic rings. The third-order valence-electron chi connectivity index (χ3n) is 4.65. The molecule has 0 bridgehead atoms. The van der Waals surface area contributed by atoms with E-state index in [0.717, 1.165) is 0 Å². The van der Waals surface area contributed by atoms with E-state index in [4.69, 9.17) is 23.7 Å². The van der Waals surface area contributed by atoms with E-state index in [2.05, 4.69) is 5.32 Å². The fourth-order valence-electron chi connectivity index (χ4n) is 3.40. The van der Waals surface area contributed by atoms with Gasteiger partial charge in [-0.1, -0.05) is 0 Å². The Balaban J connectivity index is 1.79. The lowest BCUT2D eigenvalue weighted by molar-refractivity contribution is -0.150. The van der Waals surface area contributed by atoms with Gasteiger partial charge < -0.3 is 29.1 Å². The van der Waals surface area contributed by atoms with Crippen LogP contribution in [0.15, 0.2) is 21.3 Å². The monoisotopic (exact) mass is 389 g/mol. The van der Waals surface area contributed by atoms with E-state index >= 15 is 0 Å². The van der Waals surface area contributed by atoms with Crippen LogP contribution >= 0.6 is 0 Å². The molecular weight excluding hydrogens is 374 g/mol. The van der Waals surface area contributed by atoms with E-state index in [-0.39, 0.29) is 30.5 Å². The standard InChI is InChI=1S/C18H15NO9/c1-25-10-6-11-14(8-5-13(22)27-18(8)26-11)15-7(10)4-9(17(24)28-15)16(23)19-3-2-12(20)21/h4,6,8,18H,2-3,5H2,1H3,(H,19,23)(H,20,21). The van der Waals surface area contributed by atoms with Crippen LogP contribution in [-0.4, -0.2) is 42.9 Å².